The molecule has 0 aliphatic carbocycles. The fraction of sp³-hybridized carbons (Fsp3) is 0.412. The van der Waals surface area contributed by atoms with E-state index >= 15 is 0 Å². The van der Waals surface area contributed by atoms with Crippen molar-refractivity contribution >= 4 is 11.8 Å². The number of benzene rings is 1. The van der Waals surface area contributed by atoms with Gasteiger partial charge in [-0.1, -0.05) is 6.07 Å². The highest BCUT2D eigenvalue weighted by atomic mass is 32.2. The Morgan fingerprint density at radius 1 is 1.20 bits per heavy atom. The number of nitrogens with one attached hydrogen (secondary N) is 1. The summed E-state index contributed by atoms with van der Waals surface area (Å²) < 4.78 is 5.35. The van der Waals surface area contributed by atoms with Crippen molar-refractivity contribution in [2.24, 2.45) is 0 Å². The third-order valence-corrected chi connectivity index (χ3v) is 4.10. The van der Waals surface area contributed by atoms with Crippen molar-refractivity contribution in [2.45, 2.75) is 50.4 Å². The normalized spacial score (nSPS) is 11.8. The van der Waals surface area contributed by atoms with Crippen LogP contribution in [0.25, 0.3) is 0 Å². The maximum absolute atomic E-state index is 5.35. The van der Waals surface area contributed by atoms with Crippen molar-refractivity contribution in [3.05, 3.63) is 53.5 Å². The number of hydrogen-bond acceptors (Lipinski definition) is 3. The first kappa shape index (κ1) is 15.2. The molecule has 0 saturated heterocycles. The van der Waals surface area contributed by atoms with Gasteiger partial charge in [-0.15, -0.1) is 11.8 Å². The third kappa shape index (κ3) is 4.73. The van der Waals surface area contributed by atoms with E-state index in [9.17, 15) is 0 Å². The first-order valence-electron chi connectivity index (χ1n) is 6.94. The van der Waals surface area contributed by atoms with Gasteiger partial charge in [0, 0.05) is 17.0 Å². The van der Waals surface area contributed by atoms with E-state index in [1.807, 2.05) is 23.9 Å². The Bertz CT molecular complexity index is 541. The minimum Gasteiger partial charge on any atom is -0.468 e. The summed E-state index contributed by atoms with van der Waals surface area (Å²) in [5.41, 5.74) is 2.85. The van der Waals surface area contributed by atoms with Gasteiger partial charge in [0.2, 0.25) is 0 Å². The lowest BCUT2D eigenvalue weighted by molar-refractivity contribution is 0.424. The molecular formula is C17H23NOS. The van der Waals surface area contributed by atoms with E-state index in [0.29, 0.717) is 0 Å². The SMILES string of the molecule is Cc1cc(SCc2ccco2)ccc1CNC(C)(C)C. The highest BCUT2D eigenvalue weighted by Gasteiger charge is 2.09. The van der Waals surface area contributed by atoms with Crippen molar-refractivity contribution in [2.75, 3.05) is 0 Å². The van der Waals surface area contributed by atoms with E-state index in [0.717, 1.165) is 18.1 Å². The van der Waals surface area contributed by atoms with E-state index in [-0.39, 0.29) is 5.54 Å². The lowest BCUT2D eigenvalue weighted by atomic mass is 10.1. The Labute approximate surface area is 126 Å². The molecule has 1 aromatic carbocycles. The molecule has 0 unspecified atom stereocenters. The standard InChI is InChI=1S/C17H23NOS/c1-13-10-16(20-12-15-6-5-9-19-15)8-7-14(13)11-18-17(2,3)4/h5-10,18H,11-12H2,1-4H3. The minimum atomic E-state index is 0.152. The number of aryl methyl sites for hydroxylation is 1. The summed E-state index contributed by atoms with van der Waals surface area (Å²) in [4.78, 5) is 1.29. The Kier molecular flexibility index (Phi) is 4.95. The van der Waals surface area contributed by atoms with Crippen molar-refractivity contribution < 1.29 is 4.42 Å². The average Bonchev–Trinajstić information content (AvgIpc) is 2.87. The van der Waals surface area contributed by atoms with Crippen LogP contribution in [0.1, 0.15) is 37.7 Å². The zero-order valence-electron chi connectivity index (χ0n) is 12.7. The molecule has 0 saturated carbocycles. The van der Waals surface area contributed by atoms with Crippen molar-refractivity contribution in [1.29, 1.82) is 0 Å². The molecule has 0 aliphatic rings. The summed E-state index contributed by atoms with van der Waals surface area (Å²) in [7, 11) is 0. The monoisotopic (exact) mass is 289 g/mol. The summed E-state index contributed by atoms with van der Waals surface area (Å²) in [6, 6.07) is 10.6. The molecule has 0 aliphatic heterocycles. The van der Waals surface area contributed by atoms with Crippen LogP contribution in [0.2, 0.25) is 0 Å². The molecule has 20 heavy (non-hydrogen) atoms. The van der Waals surface area contributed by atoms with Crippen LogP contribution in [0.15, 0.2) is 45.9 Å². The highest BCUT2D eigenvalue weighted by Crippen LogP contribution is 2.25. The van der Waals surface area contributed by atoms with Gasteiger partial charge in [-0.2, -0.15) is 0 Å². The summed E-state index contributed by atoms with van der Waals surface area (Å²) in [6.07, 6.45) is 1.72. The van der Waals surface area contributed by atoms with Crippen molar-refractivity contribution in [1.82, 2.24) is 5.32 Å². The highest BCUT2D eigenvalue weighted by molar-refractivity contribution is 7.98. The van der Waals surface area contributed by atoms with E-state index in [4.69, 9.17) is 4.42 Å². The van der Waals surface area contributed by atoms with E-state index in [1.165, 1.54) is 16.0 Å². The molecule has 0 bridgehead atoms. The van der Waals surface area contributed by atoms with Gasteiger partial charge in [0.15, 0.2) is 0 Å². The molecule has 1 heterocycles. The molecule has 0 spiro atoms. The van der Waals surface area contributed by atoms with Gasteiger partial charge in [-0.25, -0.2) is 0 Å². The second-order valence-electron chi connectivity index (χ2n) is 6.06. The Hall–Kier alpha value is -1.19. The topological polar surface area (TPSA) is 25.2 Å². The van der Waals surface area contributed by atoms with Crippen LogP contribution in [-0.4, -0.2) is 5.54 Å². The van der Waals surface area contributed by atoms with Crippen LogP contribution >= 0.6 is 11.8 Å². The Balaban J connectivity index is 1.95. The predicted molar refractivity (Wildman–Crippen MR) is 86.0 cm³/mol. The van der Waals surface area contributed by atoms with E-state index < -0.39 is 0 Å². The minimum absolute atomic E-state index is 0.152. The second kappa shape index (κ2) is 6.51. The number of furan rings is 1. The largest absolute Gasteiger partial charge is 0.468 e. The van der Waals surface area contributed by atoms with Crippen LogP contribution in [0.5, 0.6) is 0 Å². The zero-order chi connectivity index (χ0) is 14.6. The summed E-state index contributed by atoms with van der Waals surface area (Å²) in [5, 5.41) is 3.53. The fourth-order valence-electron chi connectivity index (χ4n) is 1.87. The molecule has 3 heteroatoms. The molecule has 1 aromatic heterocycles. The second-order valence-corrected chi connectivity index (χ2v) is 7.11. The van der Waals surface area contributed by atoms with Gasteiger partial charge in [0.1, 0.15) is 5.76 Å². The molecule has 0 atom stereocenters. The molecule has 0 amide bonds. The maximum Gasteiger partial charge on any atom is 0.113 e. The fourth-order valence-corrected chi connectivity index (χ4v) is 2.76. The molecule has 108 valence electrons. The van der Waals surface area contributed by atoms with Gasteiger partial charge < -0.3 is 9.73 Å². The molecule has 2 rings (SSSR count). The summed E-state index contributed by atoms with van der Waals surface area (Å²) in [5.74, 6) is 1.90. The molecule has 2 nitrogen and oxygen atoms in total. The molecule has 0 radical (unpaired) electrons. The van der Waals surface area contributed by atoms with Crippen molar-refractivity contribution in [3.8, 4) is 0 Å². The zero-order valence-corrected chi connectivity index (χ0v) is 13.5. The number of rotatable bonds is 5. The van der Waals surface area contributed by atoms with Crippen LogP contribution in [0.3, 0.4) is 0 Å². The maximum atomic E-state index is 5.35. The molecule has 1 N–H and O–H groups in total. The lowest BCUT2D eigenvalue weighted by Gasteiger charge is -2.21. The summed E-state index contributed by atoms with van der Waals surface area (Å²) >= 11 is 1.81. The van der Waals surface area contributed by atoms with Gasteiger partial charge in [0.05, 0.1) is 12.0 Å². The van der Waals surface area contributed by atoms with Gasteiger partial charge in [0.25, 0.3) is 0 Å². The summed E-state index contributed by atoms with van der Waals surface area (Å²) in [6.45, 7) is 9.66. The van der Waals surface area contributed by atoms with Crippen LogP contribution < -0.4 is 5.32 Å². The van der Waals surface area contributed by atoms with Crippen LogP contribution in [-0.2, 0) is 12.3 Å². The molecule has 2 aromatic rings. The van der Waals surface area contributed by atoms with Crippen molar-refractivity contribution in [3.63, 3.8) is 0 Å². The van der Waals surface area contributed by atoms with E-state index in [1.54, 1.807) is 6.26 Å². The Morgan fingerprint density at radius 3 is 2.60 bits per heavy atom. The third-order valence-electron chi connectivity index (χ3n) is 3.08. The van der Waals surface area contributed by atoms with E-state index in [2.05, 4.69) is 51.2 Å². The smallest absolute Gasteiger partial charge is 0.113 e. The Morgan fingerprint density at radius 2 is 2.00 bits per heavy atom. The lowest BCUT2D eigenvalue weighted by Crippen LogP contribution is -2.35. The number of hydrogen-bond donors (Lipinski definition) is 1. The van der Waals surface area contributed by atoms with Crippen LogP contribution in [0.4, 0.5) is 0 Å². The molecular weight excluding hydrogens is 266 g/mol. The average molecular weight is 289 g/mol. The molecule has 0 fully saturated rings. The van der Waals surface area contributed by atoms with Gasteiger partial charge in [-0.05, 0) is 63.1 Å². The quantitative estimate of drug-likeness (QED) is 0.803. The van der Waals surface area contributed by atoms with Gasteiger partial charge in [-0.3, -0.25) is 0 Å². The first-order valence-corrected chi connectivity index (χ1v) is 7.92. The van der Waals surface area contributed by atoms with Gasteiger partial charge >= 0.3 is 0 Å². The number of thioether (sulfide) groups is 1. The predicted octanol–water partition coefficient (Wildman–Crippen LogP) is 4.77. The first-order chi connectivity index (χ1) is 9.44. The van der Waals surface area contributed by atoms with Crippen LogP contribution in [0, 0.1) is 6.92 Å².